The van der Waals surface area contributed by atoms with E-state index in [-0.39, 0.29) is 13.0 Å². The van der Waals surface area contributed by atoms with Crippen LogP contribution in [-0.2, 0) is 14.3 Å². The average Bonchev–Trinajstić information content (AvgIpc) is 2.23. The molecule has 0 N–H and O–H groups in total. The van der Waals surface area contributed by atoms with E-state index in [1.165, 1.54) is 6.54 Å². The summed E-state index contributed by atoms with van der Waals surface area (Å²) in [5.74, 6) is -1.08. The second kappa shape index (κ2) is 11.8. The number of nitrogens with zero attached hydrogens (tertiary/aromatic N) is 1. The summed E-state index contributed by atoms with van der Waals surface area (Å²) in [5.41, 5.74) is 0. The molecule has 0 amide bonds. The number of hydrogen-bond acceptors (Lipinski definition) is 4. The predicted molar refractivity (Wildman–Crippen MR) is 65.5 cm³/mol. The third kappa shape index (κ3) is 25.5. The maximum Gasteiger partial charge on any atom is 0.0751 e. The lowest BCUT2D eigenvalue weighted by Crippen LogP contribution is -2.33. The number of hydrogen-bond donors (Lipinski definition) is 0. The molecule has 0 spiro atoms. The molecule has 104 valence electrons. The Morgan fingerprint density at radius 1 is 1.06 bits per heavy atom. The van der Waals surface area contributed by atoms with Gasteiger partial charge >= 0.3 is 0 Å². The van der Waals surface area contributed by atoms with Crippen LogP contribution in [0.1, 0.15) is 20.3 Å². The third-order valence-electron chi connectivity index (χ3n) is 1.98. The van der Waals surface area contributed by atoms with Crippen molar-refractivity contribution in [2.45, 2.75) is 20.3 Å². The van der Waals surface area contributed by atoms with E-state index in [9.17, 15) is 9.90 Å². The number of carboxylic acids is 1. The van der Waals surface area contributed by atoms with Crippen molar-refractivity contribution in [1.29, 1.82) is 0 Å². The number of carbonyl (C=O) groups excluding carboxylic acids is 1. The Hall–Kier alpha value is -0.650. The maximum atomic E-state index is 9.87. The molecule has 0 aromatic carbocycles. The summed E-state index contributed by atoms with van der Waals surface area (Å²) >= 11 is 0. The van der Waals surface area contributed by atoms with E-state index in [0.29, 0.717) is 19.8 Å². The molecule has 0 radical (unpaired) electrons. The van der Waals surface area contributed by atoms with Crippen molar-refractivity contribution in [1.82, 2.24) is 0 Å². The number of carboxylic acid groups (broad SMARTS) is 1. The molecule has 0 fully saturated rings. The molecular formula is C12H27NO4. The minimum absolute atomic E-state index is 0.0495. The number of quaternary nitrogens is 1. The van der Waals surface area contributed by atoms with Crippen LogP contribution in [0.4, 0.5) is 0 Å². The largest absolute Gasteiger partial charge is 0.550 e. The molecule has 0 heterocycles. The van der Waals surface area contributed by atoms with Gasteiger partial charge in [-0.15, -0.1) is 0 Å². The van der Waals surface area contributed by atoms with Gasteiger partial charge in [-0.3, -0.25) is 0 Å². The zero-order valence-electron chi connectivity index (χ0n) is 11.8. The summed E-state index contributed by atoms with van der Waals surface area (Å²) in [5, 5.41) is 9.87. The highest BCUT2D eigenvalue weighted by atomic mass is 16.5. The Morgan fingerprint density at radius 2 is 1.53 bits per heavy atom. The van der Waals surface area contributed by atoms with Crippen LogP contribution >= 0.6 is 0 Å². The van der Waals surface area contributed by atoms with Gasteiger partial charge in [-0.2, -0.15) is 0 Å². The van der Waals surface area contributed by atoms with Crippen LogP contribution in [0.25, 0.3) is 0 Å². The van der Waals surface area contributed by atoms with Crippen molar-refractivity contribution in [2.24, 2.45) is 0 Å². The monoisotopic (exact) mass is 249 g/mol. The molecule has 0 aliphatic heterocycles. The van der Waals surface area contributed by atoms with E-state index in [4.69, 9.17) is 9.47 Å². The van der Waals surface area contributed by atoms with E-state index in [0.717, 1.165) is 4.48 Å². The minimum Gasteiger partial charge on any atom is -0.550 e. The van der Waals surface area contributed by atoms with Crippen LogP contribution in [0.3, 0.4) is 0 Å². The molecule has 0 saturated carbocycles. The fraction of sp³-hybridized carbons (Fsp3) is 0.917. The molecule has 0 unspecified atom stereocenters. The minimum atomic E-state index is -1.08. The summed E-state index contributed by atoms with van der Waals surface area (Å²) in [6, 6.07) is 0. The van der Waals surface area contributed by atoms with Gasteiger partial charge in [0.2, 0.25) is 0 Å². The Morgan fingerprint density at radius 3 is 1.88 bits per heavy atom. The van der Waals surface area contributed by atoms with Gasteiger partial charge in [0, 0.05) is 19.0 Å². The zero-order chi connectivity index (χ0) is 13.7. The highest BCUT2D eigenvalue weighted by Crippen LogP contribution is 1.83. The van der Waals surface area contributed by atoms with Gasteiger partial charge in [0.05, 0.1) is 47.5 Å². The molecule has 0 atom stereocenters. The van der Waals surface area contributed by atoms with E-state index >= 15 is 0 Å². The van der Waals surface area contributed by atoms with Gasteiger partial charge in [0.1, 0.15) is 0 Å². The van der Waals surface area contributed by atoms with Crippen LogP contribution < -0.4 is 5.11 Å². The molecule has 0 aliphatic carbocycles. The first kappa shape index (κ1) is 18.7. The fourth-order valence-corrected chi connectivity index (χ4v) is 0.520. The molecule has 17 heavy (non-hydrogen) atoms. The summed E-state index contributed by atoms with van der Waals surface area (Å²) in [7, 11) is 6.54. The van der Waals surface area contributed by atoms with Crippen LogP contribution in [0, 0.1) is 0 Å². The van der Waals surface area contributed by atoms with E-state index in [1.54, 1.807) is 0 Å². The van der Waals surface area contributed by atoms with Crippen LogP contribution in [0.2, 0.25) is 0 Å². The van der Waals surface area contributed by atoms with Crippen LogP contribution in [0.15, 0.2) is 0 Å². The molecular weight excluding hydrogens is 222 g/mol. The molecule has 5 heteroatoms. The second-order valence-electron chi connectivity index (χ2n) is 4.54. The van der Waals surface area contributed by atoms with Crippen LogP contribution in [0.5, 0.6) is 0 Å². The molecule has 0 aliphatic rings. The first-order valence-electron chi connectivity index (χ1n) is 5.99. The van der Waals surface area contributed by atoms with Gasteiger partial charge in [0.25, 0.3) is 0 Å². The number of carbonyl (C=O) groups is 1. The van der Waals surface area contributed by atoms with E-state index in [1.807, 2.05) is 6.92 Å². The lowest BCUT2D eigenvalue weighted by atomic mass is 10.5. The number of ether oxygens (including phenoxy) is 2. The topological polar surface area (TPSA) is 58.6 Å². The average molecular weight is 249 g/mol. The first-order valence-corrected chi connectivity index (χ1v) is 5.99. The standard InChI is InChI=1S/C7H14O4.C5H14N/c1-2-10-5-6-11-4-3-7(8)9;1-5-6(2,3)4/h2-6H2,1H3,(H,8,9);5H2,1-4H3/q;+1/p-1. The Balaban J connectivity index is 0. The highest BCUT2D eigenvalue weighted by Gasteiger charge is 1.97. The lowest BCUT2D eigenvalue weighted by molar-refractivity contribution is -0.868. The fourth-order valence-electron chi connectivity index (χ4n) is 0.520. The van der Waals surface area contributed by atoms with Crippen molar-refractivity contribution < 1.29 is 23.9 Å². The molecule has 0 bridgehead atoms. The SMILES string of the molecule is CCOCCOCCC(=O)[O-].CC[N+](C)(C)C. The summed E-state index contributed by atoms with van der Waals surface area (Å²) in [6.45, 7) is 7.10. The third-order valence-corrected chi connectivity index (χ3v) is 1.98. The maximum absolute atomic E-state index is 9.87. The normalized spacial score (nSPS) is 10.6. The second-order valence-corrected chi connectivity index (χ2v) is 4.54. The number of rotatable bonds is 8. The molecule has 0 rings (SSSR count). The van der Waals surface area contributed by atoms with Gasteiger partial charge in [-0.25, -0.2) is 0 Å². The number of aliphatic carboxylic acids is 1. The smallest absolute Gasteiger partial charge is 0.0751 e. The van der Waals surface area contributed by atoms with Crippen molar-refractivity contribution in [2.75, 3.05) is 54.1 Å². The van der Waals surface area contributed by atoms with Crippen molar-refractivity contribution in [3.05, 3.63) is 0 Å². The predicted octanol–water partition coefficient (Wildman–Crippen LogP) is -0.108. The molecule has 0 saturated heterocycles. The first-order chi connectivity index (χ1) is 7.83. The van der Waals surface area contributed by atoms with Gasteiger partial charge in [-0.05, 0) is 13.8 Å². The Labute approximate surface area is 105 Å². The quantitative estimate of drug-likeness (QED) is 0.445. The van der Waals surface area contributed by atoms with Crippen molar-refractivity contribution >= 4 is 5.97 Å². The summed E-state index contributed by atoms with van der Waals surface area (Å²) < 4.78 is 10.9. The zero-order valence-corrected chi connectivity index (χ0v) is 11.8. The Kier molecular flexibility index (Phi) is 13.0. The Bertz CT molecular complexity index is 178. The summed E-state index contributed by atoms with van der Waals surface area (Å²) in [4.78, 5) is 9.87. The lowest BCUT2D eigenvalue weighted by Gasteiger charge is -2.20. The summed E-state index contributed by atoms with van der Waals surface area (Å²) in [6.07, 6.45) is -0.0495. The molecule has 0 aromatic rings. The highest BCUT2D eigenvalue weighted by molar-refractivity contribution is 5.64. The molecule has 0 aromatic heterocycles. The van der Waals surface area contributed by atoms with Crippen LogP contribution in [-0.4, -0.2) is 64.6 Å². The van der Waals surface area contributed by atoms with Gasteiger partial charge < -0.3 is 23.9 Å². The van der Waals surface area contributed by atoms with Crippen molar-refractivity contribution in [3.8, 4) is 0 Å². The van der Waals surface area contributed by atoms with E-state index < -0.39 is 5.97 Å². The van der Waals surface area contributed by atoms with Gasteiger partial charge in [0.15, 0.2) is 0 Å². The van der Waals surface area contributed by atoms with Gasteiger partial charge in [-0.1, -0.05) is 0 Å². The van der Waals surface area contributed by atoms with E-state index in [2.05, 4.69) is 28.1 Å². The molecule has 5 nitrogen and oxygen atoms in total. The van der Waals surface area contributed by atoms with Crippen molar-refractivity contribution in [3.63, 3.8) is 0 Å².